The van der Waals surface area contributed by atoms with Gasteiger partial charge in [0, 0.05) is 18.9 Å². The molecule has 0 fully saturated rings. The average molecular weight is 369 g/mol. The van der Waals surface area contributed by atoms with Gasteiger partial charge in [0.1, 0.15) is 23.1 Å². The molecule has 140 valence electrons. The Morgan fingerprint density at radius 3 is 2.24 bits per heavy atom. The molecule has 0 aliphatic heterocycles. The highest BCUT2D eigenvalue weighted by atomic mass is 35.5. The zero-order valence-electron chi connectivity index (χ0n) is 15.5. The molecule has 0 amide bonds. The number of unbranched alkanes of at least 4 members (excludes halogenated alkanes) is 3. The van der Waals surface area contributed by atoms with Crippen LogP contribution in [0.25, 0.3) is 0 Å². The lowest BCUT2D eigenvalue weighted by Gasteiger charge is -2.13. The normalized spacial score (nSPS) is 10.8. The molecule has 25 heavy (non-hydrogen) atoms. The first-order valence-corrected chi connectivity index (χ1v) is 9.43. The number of benzene rings is 1. The molecule has 0 spiro atoms. The molecule has 0 aromatic heterocycles. The Labute approximate surface area is 155 Å². The minimum absolute atomic E-state index is 0.0735. The highest BCUT2D eigenvalue weighted by molar-refractivity contribution is 6.32. The second-order valence-electron chi connectivity index (χ2n) is 6.04. The quantitative estimate of drug-likeness (QED) is 0.352. The zero-order valence-corrected chi connectivity index (χ0v) is 16.2. The van der Waals surface area contributed by atoms with Crippen molar-refractivity contribution in [3.63, 3.8) is 0 Å². The SMILES string of the molecule is CCC(=O)C(CCCCCCOc1ccc(OC)cc1Cl)C(=O)CC. The van der Waals surface area contributed by atoms with Crippen molar-refractivity contribution in [2.45, 2.75) is 58.8 Å². The van der Waals surface area contributed by atoms with Crippen LogP contribution in [0.2, 0.25) is 5.02 Å². The van der Waals surface area contributed by atoms with E-state index >= 15 is 0 Å². The van der Waals surface area contributed by atoms with Crippen LogP contribution >= 0.6 is 11.6 Å². The third-order valence-corrected chi connectivity index (χ3v) is 4.55. The predicted molar refractivity (Wildman–Crippen MR) is 101 cm³/mol. The second kappa shape index (κ2) is 11.9. The van der Waals surface area contributed by atoms with Gasteiger partial charge in [0.05, 0.1) is 24.7 Å². The molecule has 0 heterocycles. The fourth-order valence-corrected chi connectivity index (χ4v) is 2.93. The van der Waals surface area contributed by atoms with Crippen LogP contribution in [0.3, 0.4) is 0 Å². The molecule has 0 saturated carbocycles. The van der Waals surface area contributed by atoms with Crippen LogP contribution in [0.5, 0.6) is 11.5 Å². The first-order valence-electron chi connectivity index (χ1n) is 9.05. The topological polar surface area (TPSA) is 52.6 Å². The van der Waals surface area contributed by atoms with Gasteiger partial charge in [-0.3, -0.25) is 9.59 Å². The smallest absolute Gasteiger partial charge is 0.143 e. The molecular weight excluding hydrogens is 340 g/mol. The number of hydrogen-bond acceptors (Lipinski definition) is 4. The summed E-state index contributed by atoms with van der Waals surface area (Å²) in [6.45, 7) is 4.23. The third kappa shape index (κ3) is 7.47. The molecule has 4 nitrogen and oxygen atoms in total. The molecular formula is C20H29ClO4. The van der Waals surface area contributed by atoms with E-state index in [9.17, 15) is 9.59 Å². The molecule has 0 saturated heterocycles. The Balaban J connectivity index is 2.23. The van der Waals surface area contributed by atoms with Crippen molar-refractivity contribution in [2.75, 3.05) is 13.7 Å². The molecule has 0 N–H and O–H groups in total. The van der Waals surface area contributed by atoms with Crippen LogP contribution in [-0.4, -0.2) is 25.3 Å². The molecule has 0 aliphatic rings. The number of Topliss-reactive ketones (excluding diaryl/α,β-unsaturated/α-hetero) is 2. The number of ether oxygens (including phenoxy) is 2. The van der Waals surface area contributed by atoms with E-state index in [0.717, 1.165) is 25.7 Å². The lowest BCUT2D eigenvalue weighted by molar-refractivity contribution is -0.132. The van der Waals surface area contributed by atoms with E-state index < -0.39 is 5.92 Å². The summed E-state index contributed by atoms with van der Waals surface area (Å²) in [5.41, 5.74) is 0. The molecule has 0 radical (unpaired) electrons. The summed E-state index contributed by atoms with van der Waals surface area (Å²) >= 11 is 6.12. The molecule has 0 atom stereocenters. The molecule has 1 aromatic carbocycles. The molecule has 1 rings (SSSR count). The van der Waals surface area contributed by atoms with E-state index in [2.05, 4.69) is 0 Å². The maximum Gasteiger partial charge on any atom is 0.143 e. The number of rotatable bonds is 13. The monoisotopic (exact) mass is 368 g/mol. The maximum atomic E-state index is 11.9. The van der Waals surface area contributed by atoms with Crippen LogP contribution in [0.15, 0.2) is 18.2 Å². The molecule has 1 aromatic rings. The highest BCUT2D eigenvalue weighted by Gasteiger charge is 2.22. The van der Waals surface area contributed by atoms with E-state index in [-0.39, 0.29) is 11.6 Å². The average Bonchev–Trinajstić information content (AvgIpc) is 2.63. The summed E-state index contributed by atoms with van der Waals surface area (Å²) < 4.78 is 10.8. The molecule has 0 bridgehead atoms. The van der Waals surface area contributed by atoms with Crippen molar-refractivity contribution < 1.29 is 19.1 Å². The Bertz CT molecular complexity index is 541. The van der Waals surface area contributed by atoms with Crippen LogP contribution in [0, 0.1) is 5.92 Å². The van der Waals surface area contributed by atoms with Crippen LogP contribution in [-0.2, 0) is 9.59 Å². The standard InChI is InChI=1S/C20H29ClO4/c1-4-18(22)16(19(23)5-2)10-8-6-7-9-13-25-20-12-11-15(24-3)14-17(20)21/h11-12,14,16H,4-10,13H2,1-3H3. The minimum Gasteiger partial charge on any atom is -0.497 e. The summed E-state index contributed by atoms with van der Waals surface area (Å²) in [5.74, 6) is 1.11. The first kappa shape index (κ1) is 21.5. The zero-order chi connectivity index (χ0) is 18.7. The van der Waals surface area contributed by atoms with E-state index in [0.29, 0.717) is 42.4 Å². The largest absolute Gasteiger partial charge is 0.497 e. The summed E-state index contributed by atoms with van der Waals surface area (Å²) in [5, 5.41) is 0.540. The summed E-state index contributed by atoms with van der Waals surface area (Å²) in [7, 11) is 1.60. The van der Waals surface area contributed by atoms with Gasteiger partial charge in [0.15, 0.2) is 0 Å². The van der Waals surface area contributed by atoms with Gasteiger partial charge in [-0.2, -0.15) is 0 Å². The van der Waals surface area contributed by atoms with E-state index in [1.807, 2.05) is 19.9 Å². The van der Waals surface area contributed by atoms with Gasteiger partial charge in [-0.05, 0) is 25.0 Å². The lowest BCUT2D eigenvalue weighted by Crippen LogP contribution is -2.22. The fourth-order valence-electron chi connectivity index (χ4n) is 2.71. The molecule has 0 unspecified atom stereocenters. The second-order valence-corrected chi connectivity index (χ2v) is 6.45. The van der Waals surface area contributed by atoms with Crippen molar-refractivity contribution >= 4 is 23.2 Å². The number of halogens is 1. The van der Waals surface area contributed by atoms with Gasteiger partial charge in [-0.25, -0.2) is 0 Å². The number of ketones is 2. The Kier molecular flexibility index (Phi) is 10.2. The summed E-state index contributed by atoms with van der Waals surface area (Å²) in [4.78, 5) is 23.7. The molecule has 0 aliphatic carbocycles. The number of methoxy groups -OCH3 is 1. The molecule has 5 heteroatoms. The Morgan fingerprint density at radius 2 is 1.68 bits per heavy atom. The Morgan fingerprint density at radius 1 is 1.04 bits per heavy atom. The maximum absolute atomic E-state index is 11.9. The number of hydrogen-bond donors (Lipinski definition) is 0. The predicted octanol–water partition coefficient (Wildman–Crippen LogP) is 5.25. The minimum atomic E-state index is -0.399. The van der Waals surface area contributed by atoms with Crippen molar-refractivity contribution in [1.82, 2.24) is 0 Å². The van der Waals surface area contributed by atoms with Crippen molar-refractivity contribution in [1.29, 1.82) is 0 Å². The van der Waals surface area contributed by atoms with E-state index in [1.54, 1.807) is 19.2 Å². The highest BCUT2D eigenvalue weighted by Crippen LogP contribution is 2.28. The Hall–Kier alpha value is -1.55. The van der Waals surface area contributed by atoms with E-state index in [4.69, 9.17) is 21.1 Å². The van der Waals surface area contributed by atoms with Gasteiger partial charge < -0.3 is 9.47 Å². The van der Waals surface area contributed by atoms with Crippen LogP contribution in [0.4, 0.5) is 0 Å². The van der Waals surface area contributed by atoms with Crippen molar-refractivity contribution in [2.24, 2.45) is 5.92 Å². The fraction of sp³-hybridized carbons (Fsp3) is 0.600. The van der Waals surface area contributed by atoms with Crippen LogP contribution in [0.1, 0.15) is 58.8 Å². The van der Waals surface area contributed by atoms with E-state index in [1.165, 1.54) is 0 Å². The number of carbonyl (C=O) groups excluding carboxylic acids is 2. The van der Waals surface area contributed by atoms with Crippen LogP contribution < -0.4 is 9.47 Å². The van der Waals surface area contributed by atoms with Crippen molar-refractivity contribution in [3.05, 3.63) is 23.2 Å². The van der Waals surface area contributed by atoms with Gasteiger partial charge >= 0.3 is 0 Å². The number of carbonyl (C=O) groups is 2. The van der Waals surface area contributed by atoms with Gasteiger partial charge in [-0.15, -0.1) is 0 Å². The summed E-state index contributed by atoms with van der Waals surface area (Å²) in [6.07, 6.45) is 5.34. The third-order valence-electron chi connectivity index (χ3n) is 4.26. The van der Waals surface area contributed by atoms with Gasteiger partial charge in [0.2, 0.25) is 0 Å². The lowest BCUT2D eigenvalue weighted by atomic mass is 9.90. The van der Waals surface area contributed by atoms with Gasteiger partial charge in [0.25, 0.3) is 0 Å². The summed E-state index contributed by atoms with van der Waals surface area (Å²) in [6, 6.07) is 5.35. The van der Waals surface area contributed by atoms with Crippen molar-refractivity contribution in [3.8, 4) is 11.5 Å². The first-order chi connectivity index (χ1) is 12.0. The van der Waals surface area contributed by atoms with Gasteiger partial charge in [-0.1, -0.05) is 44.7 Å².